The first kappa shape index (κ1) is 25.9. The van der Waals surface area contributed by atoms with Crippen molar-refractivity contribution < 1.29 is 4.74 Å². The number of benzene rings is 2. The summed E-state index contributed by atoms with van der Waals surface area (Å²) >= 11 is 15.5. The van der Waals surface area contributed by atoms with Crippen LogP contribution in [0, 0.1) is 0 Å². The normalized spacial score (nSPS) is 15.3. The summed E-state index contributed by atoms with van der Waals surface area (Å²) in [5, 5.41) is 9.42. The number of fused-ring (bicyclic) bond motifs is 1. The van der Waals surface area contributed by atoms with Gasteiger partial charge in [0.2, 0.25) is 0 Å². The number of alkyl halides is 1. The first-order valence-electron chi connectivity index (χ1n) is 11.6. The second kappa shape index (κ2) is 12.2. The minimum atomic E-state index is -0.241. The highest BCUT2D eigenvalue weighted by Gasteiger charge is 2.18. The predicted octanol–water partition coefficient (Wildman–Crippen LogP) is 6.50. The molecule has 4 aromatic rings. The van der Waals surface area contributed by atoms with Crippen LogP contribution in [0.3, 0.4) is 0 Å². The summed E-state index contributed by atoms with van der Waals surface area (Å²) in [5.41, 5.74) is 2.73. The summed E-state index contributed by atoms with van der Waals surface area (Å²) < 4.78 is 9.35. The fraction of sp³-hybridized carbons (Fsp3) is 0.320. The Kier molecular flexibility index (Phi) is 8.82. The molecule has 0 amide bonds. The molecule has 1 saturated heterocycles. The molecule has 1 fully saturated rings. The van der Waals surface area contributed by atoms with E-state index in [4.69, 9.17) is 26.3 Å². The minimum Gasteiger partial charge on any atom is -0.379 e. The van der Waals surface area contributed by atoms with Gasteiger partial charge in [-0.2, -0.15) is 5.10 Å². The lowest BCUT2D eigenvalue weighted by Crippen LogP contribution is -2.37. The van der Waals surface area contributed by atoms with Gasteiger partial charge in [-0.15, -0.1) is 11.6 Å². The zero-order valence-electron chi connectivity index (χ0n) is 19.4. The fourth-order valence-corrected chi connectivity index (χ4v) is 5.73. The lowest BCUT2D eigenvalue weighted by Gasteiger charge is -2.26. The van der Waals surface area contributed by atoms with E-state index in [1.54, 1.807) is 11.8 Å². The van der Waals surface area contributed by atoms with Crippen molar-refractivity contribution in [3.63, 3.8) is 0 Å². The van der Waals surface area contributed by atoms with Gasteiger partial charge < -0.3 is 10.1 Å². The van der Waals surface area contributed by atoms with Gasteiger partial charge in [-0.05, 0) is 35.9 Å². The summed E-state index contributed by atoms with van der Waals surface area (Å²) in [6.07, 6.45) is 1.81. The number of hydrogen-bond donors (Lipinski definition) is 1. The Morgan fingerprint density at radius 3 is 2.64 bits per heavy atom. The summed E-state index contributed by atoms with van der Waals surface area (Å²) in [6.45, 7) is 5.00. The van der Waals surface area contributed by atoms with Crippen LogP contribution in [0.1, 0.15) is 10.9 Å². The number of rotatable bonds is 9. The highest BCUT2D eigenvalue weighted by Crippen LogP contribution is 2.30. The zero-order chi connectivity index (χ0) is 24.9. The van der Waals surface area contributed by atoms with E-state index in [2.05, 4.69) is 47.2 Å². The number of aromatic nitrogens is 4. The molecule has 188 valence electrons. The Morgan fingerprint density at radius 2 is 1.86 bits per heavy atom. The molecule has 0 saturated carbocycles. The van der Waals surface area contributed by atoms with Crippen molar-refractivity contribution >= 4 is 77.8 Å². The number of halogens is 3. The highest BCUT2D eigenvalue weighted by molar-refractivity contribution is 9.10. The van der Waals surface area contributed by atoms with Crippen LogP contribution in [0.2, 0.25) is 0 Å². The average molecular weight is 653 g/mol. The van der Waals surface area contributed by atoms with E-state index in [0.29, 0.717) is 11.7 Å². The van der Waals surface area contributed by atoms with Crippen LogP contribution in [0.4, 0.5) is 11.5 Å². The Labute approximate surface area is 236 Å². The molecule has 0 radical (unpaired) electrons. The van der Waals surface area contributed by atoms with E-state index >= 15 is 0 Å². The van der Waals surface area contributed by atoms with Gasteiger partial charge in [-0.25, -0.2) is 14.6 Å². The molecule has 0 spiro atoms. The average Bonchev–Trinajstić information content (AvgIpc) is 3.28. The molecular weight excluding hydrogens is 628 g/mol. The molecule has 1 aliphatic heterocycles. The van der Waals surface area contributed by atoms with Crippen LogP contribution in [0.15, 0.2) is 68.8 Å². The van der Waals surface area contributed by atoms with Crippen LogP contribution in [-0.4, -0.2) is 63.2 Å². The Morgan fingerprint density at radius 1 is 1.06 bits per heavy atom. The molecule has 36 heavy (non-hydrogen) atoms. The number of hydrogen-bond acceptors (Lipinski definition) is 7. The first-order valence-corrected chi connectivity index (χ1v) is 14.6. The van der Waals surface area contributed by atoms with E-state index in [9.17, 15) is 0 Å². The maximum Gasteiger partial charge on any atom is 0.191 e. The van der Waals surface area contributed by atoms with E-state index in [1.807, 2.05) is 59.4 Å². The molecule has 11 heteroatoms. The molecular formula is C25H25Br2ClN6OS. The molecule has 0 bridgehead atoms. The smallest absolute Gasteiger partial charge is 0.191 e. The third-order valence-electron chi connectivity index (χ3n) is 5.87. The highest BCUT2D eigenvalue weighted by atomic mass is 79.9. The van der Waals surface area contributed by atoms with Crippen molar-refractivity contribution in [3.05, 3.63) is 69.2 Å². The van der Waals surface area contributed by atoms with Gasteiger partial charge in [0, 0.05) is 40.0 Å². The van der Waals surface area contributed by atoms with E-state index < -0.39 is 0 Å². The molecule has 1 aliphatic rings. The van der Waals surface area contributed by atoms with Crippen LogP contribution in [-0.2, 0) is 11.3 Å². The molecule has 1 unspecified atom stereocenters. The van der Waals surface area contributed by atoms with Crippen molar-refractivity contribution in [3.8, 4) is 0 Å². The standard InChI is InChI=1S/C25H25Br2ClN6OS/c26-18-6-4-17(5-7-18)22(28)16-34-24-21(15-29-34)23(30-20-3-1-2-19(27)14-20)31-25(32-24)36-13-10-33-8-11-35-12-9-33/h1-7,14-15,22H,8-13,16H2,(H,30,31,32). The quantitative estimate of drug-likeness (QED) is 0.126. The Hall–Kier alpha value is -1.69. The van der Waals surface area contributed by atoms with Crippen molar-refractivity contribution in [1.82, 2.24) is 24.6 Å². The topological polar surface area (TPSA) is 68.1 Å². The molecule has 3 heterocycles. The number of nitrogens with one attached hydrogen (secondary N) is 1. The third kappa shape index (κ3) is 6.59. The number of nitrogens with zero attached hydrogens (tertiary/aromatic N) is 5. The fourth-order valence-electron chi connectivity index (χ4n) is 3.95. The maximum absolute atomic E-state index is 6.79. The van der Waals surface area contributed by atoms with Crippen molar-refractivity contribution in [2.24, 2.45) is 0 Å². The van der Waals surface area contributed by atoms with E-state index in [0.717, 1.165) is 75.6 Å². The molecule has 7 nitrogen and oxygen atoms in total. The van der Waals surface area contributed by atoms with Gasteiger partial charge in [0.25, 0.3) is 0 Å². The molecule has 2 aromatic heterocycles. The molecule has 2 aromatic carbocycles. The molecule has 5 rings (SSSR count). The van der Waals surface area contributed by atoms with E-state index in [-0.39, 0.29) is 5.38 Å². The monoisotopic (exact) mass is 650 g/mol. The van der Waals surface area contributed by atoms with Gasteiger partial charge in [-0.1, -0.05) is 61.8 Å². The molecule has 0 aliphatic carbocycles. The van der Waals surface area contributed by atoms with Crippen molar-refractivity contribution in [2.45, 2.75) is 17.1 Å². The van der Waals surface area contributed by atoms with Gasteiger partial charge in [0.15, 0.2) is 10.8 Å². The van der Waals surface area contributed by atoms with Gasteiger partial charge in [-0.3, -0.25) is 4.90 Å². The lowest BCUT2D eigenvalue weighted by molar-refractivity contribution is 0.0410. The second-order valence-corrected chi connectivity index (χ2v) is 11.8. The summed E-state index contributed by atoms with van der Waals surface area (Å²) in [7, 11) is 0. The molecule has 1 atom stereocenters. The Balaban J connectivity index is 1.41. The van der Waals surface area contributed by atoms with E-state index in [1.165, 1.54) is 0 Å². The summed E-state index contributed by atoms with van der Waals surface area (Å²) in [4.78, 5) is 12.2. The van der Waals surface area contributed by atoms with Crippen molar-refractivity contribution in [1.29, 1.82) is 0 Å². The maximum atomic E-state index is 6.79. The third-order valence-corrected chi connectivity index (χ3v) is 8.11. The Bertz CT molecular complexity index is 1320. The zero-order valence-corrected chi connectivity index (χ0v) is 24.2. The van der Waals surface area contributed by atoms with Crippen LogP contribution < -0.4 is 5.32 Å². The predicted molar refractivity (Wildman–Crippen MR) is 153 cm³/mol. The number of morpholine rings is 1. The second-order valence-electron chi connectivity index (χ2n) is 8.38. The SMILES string of the molecule is ClC(Cn1ncc2c(Nc3cccc(Br)c3)nc(SCCN3CCOCC3)nc21)c1ccc(Br)cc1. The summed E-state index contributed by atoms with van der Waals surface area (Å²) in [5.74, 6) is 1.63. The van der Waals surface area contributed by atoms with Crippen LogP contribution >= 0.6 is 55.2 Å². The number of anilines is 2. The number of thioether (sulfide) groups is 1. The number of ether oxygens (including phenoxy) is 1. The van der Waals surface area contributed by atoms with Crippen LogP contribution in [0.5, 0.6) is 0 Å². The van der Waals surface area contributed by atoms with Crippen molar-refractivity contribution in [2.75, 3.05) is 43.9 Å². The summed E-state index contributed by atoms with van der Waals surface area (Å²) in [6, 6.07) is 16.1. The first-order chi connectivity index (χ1) is 17.5. The van der Waals surface area contributed by atoms with Gasteiger partial charge >= 0.3 is 0 Å². The molecule has 1 N–H and O–H groups in total. The van der Waals surface area contributed by atoms with Gasteiger partial charge in [0.1, 0.15) is 5.82 Å². The van der Waals surface area contributed by atoms with Gasteiger partial charge in [0.05, 0.1) is 36.7 Å². The largest absolute Gasteiger partial charge is 0.379 e. The minimum absolute atomic E-state index is 0.241. The lowest BCUT2D eigenvalue weighted by atomic mass is 10.1. The van der Waals surface area contributed by atoms with Crippen LogP contribution in [0.25, 0.3) is 11.0 Å².